The first-order valence-corrected chi connectivity index (χ1v) is 6.64. The second-order valence-corrected chi connectivity index (χ2v) is 4.88. The Hall–Kier alpha value is -2.36. The summed E-state index contributed by atoms with van der Waals surface area (Å²) < 4.78 is 15.5. The van der Waals surface area contributed by atoms with E-state index in [4.69, 9.17) is 5.73 Å². The minimum absolute atomic E-state index is 0.258. The zero-order valence-electron chi connectivity index (χ0n) is 11.5. The summed E-state index contributed by atoms with van der Waals surface area (Å²) in [5.41, 5.74) is 10.2. The van der Waals surface area contributed by atoms with Crippen LogP contribution in [0.5, 0.6) is 0 Å². The number of nitrogen functional groups attached to an aromatic ring is 1. The number of aryl methyl sites for hydroxylation is 2. The second kappa shape index (κ2) is 4.63. The zero-order chi connectivity index (χ0) is 14.3. The summed E-state index contributed by atoms with van der Waals surface area (Å²) in [7, 11) is 0. The Morgan fingerprint density at radius 1 is 1.25 bits per heavy atom. The van der Waals surface area contributed by atoms with Crippen molar-refractivity contribution in [2.45, 2.75) is 20.3 Å². The Kier molecular flexibility index (Phi) is 2.93. The van der Waals surface area contributed by atoms with Gasteiger partial charge in [0.25, 0.3) is 0 Å². The molecule has 3 nitrogen and oxygen atoms in total. The van der Waals surface area contributed by atoms with Gasteiger partial charge in [-0.1, -0.05) is 25.1 Å². The highest BCUT2D eigenvalue weighted by molar-refractivity contribution is 5.82. The summed E-state index contributed by atoms with van der Waals surface area (Å²) in [5, 5.41) is 0. The Labute approximate surface area is 116 Å². The van der Waals surface area contributed by atoms with E-state index in [1.54, 1.807) is 13.0 Å². The van der Waals surface area contributed by atoms with Gasteiger partial charge in [-0.3, -0.25) is 4.57 Å². The number of anilines is 1. The van der Waals surface area contributed by atoms with Crippen LogP contribution in [0.25, 0.3) is 16.7 Å². The van der Waals surface area contributed by atoms with E-state index < -0.39 is 0 Å². The van der Waals surface area contributed by atoms with Crippen molar-refractivity contribution in [3.8, 4) is 5.69 Å². The molecule has 0 aliphatic heterocycles. The third-order valence-electron chi connectivity index (χ3n) is 3.57. The average Bonchev–Trinajstić information content (AvgIpc) is 2.74. The number of fused-ring (bicyclic) bond motifs is 1. The highest BCUT2D eigenvalue weighted by atomic mass is 19.1. The first kappa shape index (κ1) is 12.7. The number of aromatic nitrogens is 2. The Morgan fingerprint density at radius 2 is 2.00 bits per heavy atom. The molecule has 0 amide bonds. The summed E-state index contributed by atoms with van der Waals surface area (Å²) in [6.45, 7) is 3.84. The van der Waals surface area contributed by atoms with E-state index in [1.807, 2.05) is 22.8 Å². The molecular formula is C16H16FN3. The smallest absolute Gasteiger partial charge is 0.205 e. The molecule has 0 saturated carbocycles. The standard InChI is InChI=1S/C16H16FN3/c1-3-11-6-4-5-7-14(11)20-15-8-10(2)12(17)9-13(15)19-16(20)18/h4-9H,3H2,1-2H3,(H2,18,19). The number of halogens is 1. The summed E-state index contributed by atoms with van der Waals surface area (Å²) in [5.74, 6) is 0.122. The van der Waals surface area contributed by atoms with Crippen molar-refractivity contribution in [1.82, 2.24) is 9.55 Å². The van der Waals surface area contributed by atoms with Crippen molar-refractivity contribution in [2.75, 3.05) is 5.73 Å². The van der Waals surface area contributed by atoms with Gasteiger partial charge in [0.15, 0.2) is 0 Å². The zero-order valence-corrected chi connectivity index (χ0v) is 11.5. The molecule has 2 aromatic carbocycles. The van der Waals surface area contributed by atoms with Crippen LogP contribution in [0.3, 0.4) is 0 Å². The topological polar surface area (TPSA) is 43.8 Å². The molecule has 102 valence electrons. The van der Waals surface area contributed by atoms with Crippen LogP contribution in [0, 0.1) is 12.7 Å². The van der Waals surface area contributed by atoms with Crippen molar-refractivity contribution in [2.24, 2.45) is 0 Å². The predicted molar refractivity (Wildman–Crippen MR) is 79.6 cm³/mol. The number of rotatable bonds is 2. The molecule has 0 aliphatic carbocycles. The lowest BCUT2D eigenvalue weighted by atomic mass is 10.1. The quantitative estimate of drug-likeness (QED) is 0.772. The monoisotopic (exact) mass is 269 g/mol. The maximum Gasteiger partial charge on any atom is 0.205 e. The fourth-order valence-electron chi connectivity index (χ4n) is 2.50. The Balaban J connectivity index is 2.36. The number of imidazole rings is 1. The van der Waals surface area contributed by atoms with Crippen LogP contribution in [0.15, 0.2) is 36.4 Å². The van der Waals surface area contributed by atoms with Gasteiger partial charge in [-0.25, -0.2) is 9.37 Å². The fraction of sp³-hybridized carbons (Fsp3) is 0.188. The van der Waals surface area contributed by atoms with Gasteiger partial charge >= 0.3 is 0 Å². The lowest BCUT2D eigenvalue weighted by Crippen LogP contribution is -2.03. The number of hydrogen-bond donors (Lipinski definition) is 1. The van der Waals surface area contributed by atoms with E-state index in [-0.39, 0.29) is 5.82 Å². The molecule has 0 aliphatic rings. The number of nitrogens with zero attached hydrogens (tertiary/aromatic N) is 2. The second-order valence-electron chi connectivity index (χ2n) is 4.88. The van der Waals surface area contributed by atoms with Gasteiger partial charge in [0.2, 0.25) is 5.95 Å². The molecule has 0 fully saturated rings. The Morgan fingerprint density at radius 3 is 2.75 bits per heavy atom. The predicted octanol–water partition coefficient (Wildman–Crippen LogP) is 3.62. The van der Waals surface area contributed by atoms with Crippen LogP contribution < -0.4 is 5.73 Å². The summed E-state index contributed by atoms with van der Waals surface area (Å²) in [6.07, 6.45) is 0.898. The van der Waals surface area contributed by atoms with Gasteiger partial charge in [-0.05, 0) is 36.6 Å². The van der Waals surface area contributed by atoms with E-state index in [0.717, 1.165) is 17.6 Å². The maximum absolute atomic E-state index is 13.6. The van der Waals surface area contributed by atoms with E-state index in [2.05, 4.69) is 18.0 Å². The molecule has 0 atom stereocenters. The van der Waals surface area contributed by atoms with E-state index in [1.165, 1.54) is 11.6 Å². The minimum Gasteiger partial charge on any atom is -0.369 e. The summed E-state index contributed by atoms with van der Waals surface area (Å²) in [6, 6.07) is 11.3. The molecule has 0 unspecified atom stereocenters. The minimum atomic E-state index is -0.258. The molecule has 1 aromatic heterocycles. The SMILES string of the molecule is CCc1ccccc1-n1c(N)nc2cc(F)c(C)cc21. The largest absolute Gasteiger partial charge is 0.369 e. The molecule has 3 rings (SSSR count). The number of hydrogen-bond acceptors (Lipinski definition) is 2. The number of benzene rings is 2. The van der Waals surface area contributed by atoms with Crippen LogP contribution in [-0.2, 0) is 6.42 Å². The van der Waals surface area contributed by atoms with Gasteiger partial charge < -0.3 is 5.73 Å². The number of para-hydroxylation sites is 1. The Bertz CT molecular complexity index is 790. The van der Waals surface area contributed by atoms with Crippen molar-refractivity contribution >= 4 is 17.0 Å². The van der Waals surface area contributed by atoms with Crippen LogP contribution >= 0.6 is 0 Å². The van der Waals surface area contributed by atoms with Gasteiger partial charge in [0.05, 0.1) is 16.7 Å². The lowest BCUT2D eigenvalue weighted by Gasteiger charge is -2.11. The average molecular weight is 269 g/mol. The van der Waals surface area contributed by atoms with E-state index in [0.29, 0.717) is 17.0 Å². The number of nitrogens with two attached hydrogens (primary N) is 1. The van der Waals surface area contributed by atoms with Crippen LogP contribution in [-0.4, -0.2) is 9.55 Å². The molecule has 0 radical (unpaired) electrons. The van der Waals surface area contributed by atoms with Crippen molar-refractivity contribution < 1.29 is 4.39 Å². The van der Waals surface area contributed by atoms with Crippen LogP contribution in [0.2, 0.25) is 0 Å². The first-order chi connectivity index (χ1) is 9.61. The molecule has 0 saturated heterocycles. The molecule has 2 N–H and O–H groups in total. The normalized spacial score (nSPS) is 11.2. The van der Waals surface area contributed by atoms with Crippen molar-refractivity contribution in [3.63, 3.8) is 0 Å². The highest BCUT2D eigenvalue weighted by Crippen LogP contribution is 2.27. The molecule has 4 heteroatoms. The fourth-order valence-corrected chi connectivity index (χ4v) is 2.50. The third kappa shape index (κ3) is 1.84. The molecule has 1 heterocycles. The van der Waals surface area contributed by atoms with Crippen molar-refractivity contribution in [1.29, 1.82) is 0 Å². The van der Waals surface area contributed by atoms with Crippen LogP contribution in [0.1, 0.15) is 18.1 Å². The summed E-state index contributed by atoms with van der Waals surface area (Å²) >= 11 is 0. The van der Waals surface area contributed by atoms with Crippen molar-refractivity contribution in [3.05, 3.63) is 53.3 Å². The van der Waals surface area contributed by atoms with Gasteiger partial charge in [0.1, 0.15) is 5.82 Å². The van der Waals surface area contributed by atoms with Gasteiger partial charge in [0, 0.05) is 6.07 Å². The molecule has 3 aromatic rings. The third-order valence-corrected chi connectivity index (χ3v) is 3.57. The van der Waals surface area contributed by atoms with Crippen LogP contribution in [0.4, 0.5) is 10.3 Å². The first-order valence-electron chi connectivity index (χ1n) is 6.64. The van der Waals surface area contributed by atoms with E-state index in [9.17, 15) is 4.39 Å². The maximum atomic E-state index is 13.6. The molecule has 0 bridgehead atoms. The molecular weight excluding hydrogens is 253 g/mol. The van der Waals surface area contributed by atoms with Gasteiger partial charge in [-0.15, -0.1) is 0 Å². The molecule has 0 spiro atoms. The molecule has 20 heavy (non-hydrogen) atoms. The lowest BCUT2D eigenvalue weighted by molar-refractivity contribution is 0.620. The highest BCUT2D eigenvalue weighted by Gasteiger charge is 2.14. The van der Waals surface area contributed by atoms with E-state index >= 15 is 0 Å². The summed E-state index contributed by atoms with van der Waals surface area (Å²) in [4.78, 5) is 4.27. The van der Waals surface area contributed by atoms with Gasteiger partial charge in [-0.2, -0.15) is 0 Å².